The van der Waals surface area contributed by atoms with Crippen LogP contribution in [0.15, 0.2) is 72.2 Å². The van der Waals surface area contributed by atoms with E-state index < -0.39 is 0 Å². The van der Waals surface area contributed by atoms with E-state index in [1.165, 1.54) is 57.4 Å². The van der Waals surface area contributed by atoms with E-state index in [0.717, 1.165) is 47.1 Å². The molecule has 6 heteroatoms. The van der Waals surface area contributed by atoms with Crippen LogP contribution in [0.2, 0.25) is 0 Å². The average molecular weight is 539 g/mol. The average Bonchev–Trinajstić information content (AvgIpc) is 3.53. The predicted octanol–water partition coefficient (Wildman–Crippen LogP) is 6.27. The Hall–Kier alpha value is -3.61. The molecule has 2 aromatic carbocycles. The third kappa shape index (κ3) is 6.57. The van der Waals surface area contributed by atoms with Crippen molar-refractivity contribution in [1.29, 1.82) is 0 Å². The van der Waals surface area contributed by atoms with Crippen molar-refractivity contribution in [2.45, 2.75) is 45.1 Å². The molecule has 0 saturated carbocycles. The zero-order chi connectivity index (χ0) is 27.9. The molecule has 2 aliphatic heterocycles. The van der Waals surface area contributed by atoms with Crippen LogP contribution in [0.5, 0.6) is 5.75 Å². The minimum absolute atomic E-state index is 0.173. The number of allylic oxidation sites excluding steroid dienone is 1. The molecule has 210 valence electrons. The standard InChI is InChI=1S/C34H42N4O2/c1-4-7-31-32(27-10-14-30(40-3)15-11-27)24-35-34(39)33(31)25(2)36-28-12-8-26(9-13-28)16-21-37-22-17-29(18-23-37)38-19-5-6-20-38/h4,7-15,24,29,36H,2,5-6,16-23H2,1,3H3,(H,35,39)/b7-4-. The molecule has 2 aliphatic rings. The summed E-state index contributed by atoms with van der Waals surface area (Å²) in [6.45, 7) is 12.3. The number of benzene rings is 2. The SMILES string of the molecule is C=C(Nc1ccc(CCN2CCC(N3CCCC3)CC2)cc1)c1c(/C=C\C)c(-c2ccc(OC)cc2)c[nH]c1=O. The number of nitrogens with one attached hydrogen (secondary N) is 2. The fraction of sp³-hybridized carbons (Fsp3) is 0.382. The predicted molar refractivity (Wildman–Crippen MR) is 167 cm³/mol. The maximum atomic E-state index is 13.0. The lowest BCUT2D eigenvalue weighted by Crippen LogP contribution is -2.44. The second-order valence-electron chi connectivity index (χ2n) is 10.9. The van der Waals surface area contributed by atoms with Crippen molar-refractivity contribution < 1.29 is 4.74 Å². The number of rotatable bonds is 10. The summed E-state index contributed by atoms with van der Waals surface area (Å²) in [6, 6.07) is 17.1. The summed E-state index contributed by atoms with van der Waals surface area (Å²) < 4.78 is 5.31. The summed E-state index contributed by atoms with van der Waals surface area (Å²) in [5.74, 6) is 0.789. The summed E-state index contributed by atoms with van der Waals surface area (Å²) in [7, 11) is 1.65. The van der Waals surface area contributed by atoms with Gasteiger partial charge in [-0.15, -0.1) is 0 Å². The minimum Gasteiger partial charge on any atom is -0.497 e. The van der Waals surface area contributed by atoms with Gasteiger partial charge in [-0.2, -0.15) is 0 Å². The van der Waals surface area contributed by atoms with Crippen molar-refractivity contribution in [3.63, 3.8) is 0 Å². The van der Waals surface area contributed by atoms with Gasteiger partial charge < -0.3 is 24.8 Å². The van der Waals surface area contributed by atoms with Crippen LogP contribution in [-0.2, 0) is 6.42 Å². The van der Waals surface area contributed by atoms with Gasteiger partial charge in [-0.25, -0.2) is 0 Å². The fourth-order valence-corrected chi connectivity index (χ4v) is 6.09. The van der Waals surface area contributed by atoms with Gasteiger partial charge in [0.1, 0.15) is 5.75 Å². The summed E-state index contributed by atoms with van der Waals surface area (Å²) in [4.78, 5) is 21.2. The van der Waals surface area contributed by atoms with E-state index in [4.69, 9.17) is 4.74 Å². The molecule has 3 heterocycles. The van der Waals surface area contributed by atoms with Gasteiger partial charge in [-0.3, -0.25) is 4.79 Å². The molecule has 2 saturated heterocycles. The number of likely N-dealkylation sites (tertiary alicyclic amines) is 2. The molecule has 0 unspecified atom stereocenters. The first-order valence-electron chi connectivity index (χ1n) is 14.6. The monoisotopic (exact) mass is 538 g/mol. The van der Waals surface area contributed by atoms with Gasteiger partial charge in [-0.05, 0) is 106 Å². The Bertz CT molecular complexity index is 1360. The van der Waals surface area contributed by atoms with Crippen molar-refractivity contribution in [2.24, 2.45) is 0 Å². The highest BCUT2D eigenvalue weighted by atomic mass is 16.5. The summed E-state index contributed by atoms with van der Waals surface area (Å²) in [6.07, 6.45) is 12.1. The summed E-state index contributed by atoms with van der Waals surface area (Å²) in [5.41, 5.74) is 5.92. The smallest absolute Gasteiger partial charge is 0.257 e. The first-order chi connectivity index (χ1) is 19.6. The molecular formula is C34H42N4O2. The Kier molecular flexibility index (Phi) is 9.19. The Morgan fingerprint density at radius 1 is 1.05 bits per heavy atom. The van der Waals surface area contributed by atoms with Crippen LogP contribution in [0.3, 0.4) is 0 Å². The lowest BCUT2D eigenvalue weighted by molar-refractivity contribution is 0.128. The molecule has 0 atom stereocenters. The number of H-pyrrole nitrogens is 1. The molecule has 40 heavy (non-hydrogen) atoms. The number of ether oxygens (including phenoxy) is 1. The van der Waals surface area contributed by atoms with Crippen LogP contribution in [0.25, 0.3) is 22.9 Å². The Labute approximate surface area is 238 Å². The molecule has 2 fully saturated rings. The minimum atomic E-state index is -0.173. The second-order valence-corrected chi connectivity index (χ2v) is 10.9. The van der Waals surface area contributed by atoms with Crippen molar-refractivity contribution in [2.75, 3.05) is 45.2 Å². The van der Waals surface area contributed by atoms with Gasteiger partial charge in [0.05, 0.1) is 12.7 Å². The Morgan fingerprint density at radius 3 is 2.40 bits per heavy atom. The van der Waals surface area contributed by atoms with E-state index >= 15 is 0 Å². The van der Waals surface area contributed by atoms with Crippen molar-refractivity contribution >= 4 is 17.5 Å². The van der Waals surface area contributed by atoms with Crippen LogP contribution < -0.4 is 15.6 Å². The first kappa shape index (κ1) is 27.9. The molecule has 1 aromatic heterocycles. The number of methoxy groups -OCH3 is 1. The van der Waals surface area contributed by atoms with E-state index in [2.05, 4.69) is 50.9 Å². The number of pyridine rings is 1. The zero-order valence-electron chi connectivity index (χ0n) is 23.9. The highest BCUT2D eigenvalue weighted by Crippen LogP contribution is 2.30. The van der Waals surface area contributed by atoms with Crippen LogP contribution in [0.4, 0.5) is 5.69 Å². The van der Waals surface area contributed by atoms with Crippen molar-refractivity contribution in [1.82, 2.24) is 14.8 Å². The topological polar surface area (TPSA) is 60.6 Å². The van der Waals surface area contributed by atoms with Gasteiger partial charge in [0, 0.05) is 35.7 Å². The molecule has 0 aliphatic carbocycles. The summed E-state index contributed by atoms with van der Waals surface area (Å²) >= 11 is 0. The van der Waals surface area contributed by atoms with E-state index in [1.54, 1.807) is 13.3 Å². The molecule has 2 N–H and O–H groups in total. The summed E-state index contributed by atoms with van der Waals surface area (Å²) in [5, 5.41) is 3.38. The van der Waals surface area contributed by atoms with Crippen LogP contribution in [0, 0.1) is 0 Å². The van der Waals surface area contributed by atoms with Crippen LogP contribution in [0.1, 0.15) is 49.3 Å². The third-order valence-corrected chi connectivity index (χ3v) is 8.35. The molecule has 0 amide bonds. The van der Waals surface area contributed by atoms with Gasteiger partial charge in [-0.1, -0.05) is 43.0 Å². The largest absolute Gasteiger partial charge is 0.497 e. The zero-order valence-corrected chi connectivity index (χ0v) is 23.9. The second kappa shape index (κ2) is 13.2. The molecular weight excluding hydrogens is 496 g/mol. The number of aromatic amines is 1. The van der Waals surface area contributed by atoms with E-state index in [9.17, 15) is 4.79 Å². The van der Waals surface area contributed by atoms with E-state index in [1.807, 2.05) is 43.3 Å². The number of hydrogen-bond acceptors (Lipinski definition) is 5. The van der Waals surface area contributed by atoms with Gasteiger partial charge in [0.25, 0.3) is 5.56 Å². The quantitative estimate of drug-likeness (QED) is 0.319. The molecule has 0 bridgehead atoms. The highest BCUT2D eigenvalue weighted by molar-refractivity contribution is 5.86. The van der Waals surface area contributed by atoms with Gasteiger partial charge in [0.2, 0.25) is 0 Å². The van der Waals surface area contributed by atoms with E-state index in [0.29, 0.717) is 11.3 Å². The number of nitrogens with zero attached hydrogens (tertiary/aromatic N) is 2. The third-order valence-electron chi connectivity index (χ3n) is 8.35. The molecule has 6 nitrogen and oxygen atoms in total. The lowest BCUT2D eigenvalue weighted by atomic mass is 9.96. The fourth-order valence-electron chi connectivity index (χ4n) is 6.09. The number of piperidine rings is 1. The maximum absolute atomic E-state index is 13.0. The molecule has 0 spiro atoms. The Morgan fingerprint density at radius 2 is 1.75 bits per heavy atom. The number of hydrogen-bond donors (Lipinski definition) is 2. The van der Waals surface area contributed by atoms with Crippen LogP contribution in [-0.4, -0.2) is 60.7 Å². The molecule has 5 rings (SSSR count). The van der Waals surface area contributed by atoms with Crippen LogP contribution >= 0.6 is 0 Å². The van der Waals surface area contributed by atoms with Gasteiger partial charge >= 0.3 is 0 Å². The maximum Gasteiger partial charge on any atom is 0.257 e. The molecule has 0 radical (unpaired) electrons. The van der Waals surface area contributed by atoms with Gasteiger partial charge in [0.15, 0.2) is 0 Å². The van der Waals surface area contributed by atoms with Crippen molar-refractivity contribution in [3.8, 4) is 16.9 Å². The molecule has 3 aromatic rings. The first-order valence-corrected chi connectivity index (χ1v) is 14.6. The lowest BCUT2D eigenvalue weighted by Gasteiger charge is -2.36. The highest BCUT2D eigenvalue weighted by Gasteiger charge is 2.26. The number of aromatic nitrogens is 1. The Balaban J connectivity index is 1.22. The van der Waals surface area contributed by atoms with Crippen molar-refractivity contribution in [3.05, 3.63) is 94.4 Å². The van der Waals surface area contributed by atoms with E-state index in [-0.39, 0.29) is 5.56 Å². The normalized spacial score (nSPS) is 16.9. The number of anilines is 1.